The second-order valence-corrected chi connectivity index (χ2v) is 16.4. The standard InChI is InChI=1S/C45H59N3O6/c1-2-28-9-4-5-10-35(50)41-29(13-12-28)14-15-30(25-37(41)52)31-16-18-34(49)38(26-31)54-44-33(17-19-36(51)43(44)53)42(32-20-24-48-40(46)27-32)45(21-6-3-7-22-45)39-11-8-23-47-39/h8,11,14-20,23,26-30,33,35-37,41-44,47-53H,2-7,9-10,21-22,24-25,46H2,1H3. The minimum absolute atomic E-state index is 0.0774. The van der Waals surface area contributed by atoms with E-state index in [2.05, 4.69) is 47.3 Å². The van der Waals surface area contributed by atoms with E-state index >= 15 is 0 Å². The van der Waals surface area contributed by atoms with Crippen LogP contribution in [-0.4, -0.2) is 67.6 Å². The van der Waals surface area contributed by atoms with Gasteiger partial charge >= 0.3 is 0 Å². The predicted molar refractivity (Wildman–Crippen MR) is 210 cm³/mol. The van der Waals surface area contributed by atoms with Gasteiger partial charge < -0.3 is 46.3 Å². The number of aromatic amines is 1. The molecule has 0 amide bonds. The van der Waals surface area contributed by atoms with Gasteiger partial charge in [0.25, 0.3) is 0 Å². The van der Waals surface area contributed by atoms with Crippen molar-refractivity contribution >= 4 is 0 Å². The lowest BCUT2D eigenvalue weighted by molar-refractivity contribution is -0.0685. The molecule has 9 N–H and O–H groups in total. The van der Waals surface area contributed by atoms with Gasteiger partial charge in [0.15, 0.2) is 11.5 Å². The molecule has 4 aliphatic carbocycles. The number of benzene rings is 1. The molecule has 0 bridgehead atoms. The molecule has 1 aromatic heterocycles. The van der Waals surface area contributed by atoms with Gasteiger partial charge in [0, 0.05) is 59.4 Å². The summed E-state index contributed by atoms with van der Waals surface area (Å²) < 4.78 is 6.75. The number of aromatic nitrogens is 1. The minimum atomic E-state index is -1.27. The molecular formula is C45H59N3O6. The number of H-pyrrole nitrogens is 1. The number of phenols is 1. The Labute approximate surface area is 320 Å². The van der Waals surface area contributed by atoms with Crippen LogP contribution in [0.1, 0.15) is 94.7 Å². The summed E-state index contributed by atoms with van der Waals surface area (Å²) in [5.41, 5.74) is 9.09. The van der Waals surface area contributed by atoms with Crippen molar-refractivity contribution in [2.45, 2.75) is 119 Å². The SMILES string of the molecule is CCC1C#CC2C=CC(c3ccc(O)c(OC4C(O)C(O)C=CC4C(C4=CCNC(N)=C4)C4(c5ccc[nH]5)CCCCC4)c3)CC(O)C2C(O)CCCC1. The number of hydrogen-bond donors (Lipinski definition) is 8. The molecule has 7 rings (SSSR count). The molecule has 11 unspecified atom stereocenters. The topological polar surface area (TPSA) is 164 Å². The summed E-state index contributed by atoms with van der Waals surface area (Å²) >= 11 is 0. The van der Waals surface area contributed by atoms with Gasteiger partial charge in [-0.3, -0.25) is 0 Å². The Balaban J connectivity index is 1.24. The van der Waals surface area contributed by atoms with Crippen molar-refractivity contribution in [3.05, 3.63) is 95.6 Å². The summed E-state index contributed by atoms with van der Waals surface area (Å²) in [6.45, 7) is 2.74. The maximum atomic E-state index is 11.8. The highest BCUT2D eigenvalue weighted by Gasteiger charge is 2.52. The van der Waals surface area contributed by atoms with Gasteiger partial charge in [-0.1, -0.05) is 87.3 Å². The fourth-order valence-corrected chi connectivity index (χ4v) is 10.1. The fourth-order valence-electron chi connectivity index (χ4n) is 10.1. The van der Waals surface area contributed by atoms with E-state index < -0.39 is 42.4 Å². The summed E-state index contributed by atoms with van der Waals surface area (Å²) in [7, 11) is 0. The first-order valence-electron chi connectivity index (χ1n) is 20.3. The van der Waals surface area contributed by atoms with Gasteiger partial charge in [0.2, 0.25) is 0 Å². The molecule has 5 aliphatic rings. The first-order valence-corrected chi connectivity index (χ1v) is 20.3. The van der Waals surface area contributed by atoms with Crippen molar-refractivity contribution in [1.82, 2.24) is 10.3 Å². The van der Waals surface area contributed by atoms with Crippen LogP contribution in [0.4, 0.5) is 0 Å². The molecule has 11 atom stereocenters. The van der Waals surface area contributed by atoms with Crippen LogP contribution in [0.15, 0.2) is 84.4 Å². The molecule has 54 heavy (non-hydrogen) atoms. The van der Waals surface area contributed by atoms with E-state index in [0.29, 0.717) is 31.1 Å². The Bertz CT molecular complexity index is 1760. The van der Waals surface area contributed by atoms with Crippen molar-refractivity contribution in [2.24, 2.45) is 35.3 Å². The highest BCUT2D eigenvalue weighted by atomic mass is 16.5. The molecule has 2 aromatic rings. The highest BCUT2D eigenvalue weighted by Crippen LogP contribution is 2.53. The number of nitrogens with one attached hydrogen (secondary N) is 2. The number of nitrogens with two attached hydrogens (primary N) is 1. The lowest BCUT2D eigenvalue weighted by Gasteiger charge is -2.50. The average Bonchev–Trinajstić information content (AvgIpc) is 3.67. The number of aromatic hydroxyl groups is 1. The van der Waals surface area contributed by atoms with Crippen molar-refractivity contribution in [1.29, 1.82) is 0 Å². The van der Waals surface area contributed by atoms with Gasteiger partial charge in [-0.25, -0.2) is 0 Å². The molecule has 0 spiro atoms. The predicted octanol–water partition coefficient (Wildman–Crippen LogP) is 5.82. The van der Waals surface area contributed by atoms with Crippen LogP contribution in [0.3, 0.4) is 0 Å². The zero-order chi connectivity index (χ0) is 37.8. The second-order valence-electron chi connectivity index (χ2n) is 16.4. The molecule has 1 aromatic carbocycles. The average molecular weight is 738 g/mol. The zero-order valence-corrected chi connectivity index (χ0v) is 31.5. The molecule has 290 valence electrons. The quantitative estimate of drug-likeness (QED) is 0.124. The normalized spacial score (nSPS) is 34.5. The van der Waals surface area contributed by atoms with Gasteiger partial charge in [-0.2, -0.15) is 0 Å². The van der Waals surface area contributed by atoms with Crippen molar-refractivity contribution in [3.63, 3.8) is 0 Å². The van der Waals surface area contributed by atoms with E-state index in [1.807, 2.05) is 36.6 Å². The molecular weight excluding hydrogens is 679 g/mol. The molecule has 0 saturated heterocycles. The van der Waals surface area contributed by atoms with Crippen LogP contribution >= 0.6 is 0 Å². The van der Waals surface area contributed by atoms with Crippen LogP contribution in [0, 0.1) is 41.4 Å². The third-order valence-corrected chi connectivity index (χ3v) is 13.1. The number of ether oxygens (including phenoxy) is 1. The molecule has 0 radical (unpaired) electrons. The van der Waals surface area contributed by atoms with Crippen LogP contribution in [0.2, 0.25) is 0 Å². The molecule has 9 heteroatoms. The summed E-state index contributed by atoms with van der Waals surface area (Å²) in [5, 5.41) is 60.2. The van der Waals surface area contributed by atoms with Crippen molar-refractivity contribution < 1.29 is 30.3 Å². The molecule has 1 aliphatic heterocycles. The summed E-state index contributed by atoms with van der Waals surface area (Å²) in [5.74, 6) is 6.44. The summed E-state index contributed by atoms with van der Waals surface area (Å²) in [6.07, 6.45) is 19.2. The number of allylic oxidation sites excluding steroid dienone is 4. The lowest BCUT2D eigenvalue weighted by Crippen LogP contribution is -2.54. The molecule has 2 heterocycles. The number of aliphatic hydroxyl groups is 4. The number of aliphatic hydroxyl groups excluding tert-OH is 4. The second kappa shape index (κ2) is 16.8. The van der Waals surface area contributed by atoms with E-state index in [4.69, 9.17) is 10.5 Å². The Morgan fingerprint density at radius 2 is 1.76 bits per heavy atom. The van der Waals surface area contributed by atoms with Crippen molar-refractivity contribution in [3.8, 4) is 23.3 Å². The van der Waals surface area contributed by atoms with Crippen molar-refractivity contribution in [2.75, 3.05) is 6.54 Å². The number of phenolic OH excluding ortho intramolecular Hbond substituents is 1. The largest absolute Gasteiger partial charge is 0.504 e. The van der Waals surface area contributed by atoms with Crippen LogP contribution in [0.25, 0.3) is 0 Å². The number of fused-ring (bicyclic) bond motifs is 1. The monoisotopic (exact) mass is 737 g/mol. The highest BCUT2D eigenvalue weighted by molar-refractivity contribution is 5.45. The minimum Gasteiger partial charge on any atom is -0.504 e. The molecule has 1 fully saturated rings. The number of hydrogen-bond acceptors (Lipinski definition) is 8. The molecule has 1 saturated carbocycles. The first kappa shape index (κ1) is 38.3. The van der Waals surface area contributed by atoms with Gasteiger partial charge in [-0.05, 0) is 80.0 Å². The Kier molecular flexibility index (Phi) is 11.9. The number of dihydropyridines is 1. The van der Waals surface area contributed by atoms with E-state index in [-0.39, 0.29) is 34.7 Å². The third kappa shape index (κ3) is 7.90. The van der Waals surface area contributed by atoms with Gasteiger partial charge in [0.05, 0.1) is 18.0 Å². The fraction of sp³-hybridized carbons (Fsp3) is 0.556. The number of rotatable bonds is 8. The van der Waals surface area contributed by atoms with Crippen LogP contribution < -0.4 is 15.8 Å². The zero-order valence-electron chi connectivity index (χ0n) is 31.5. The lowest BCUT2D eigenvalue weighted by atomic mass is 9.56. The van der Waals surface area contributed by atoms with Crippen LogP contribution in [-0.2, 0) is 5.41 Å². The van der Waals surface area contributed by atoms with Gasteiger partial charge in [-0.15, -0.1) is 0 Å². The Morgan fingerprint density at radius 1 is 0.944 bits per heavy atom. The van der Waals surface area contributed by atoms with E-state index in [1.54, 1.807) is 18.2 Å². The van der Waals surface area contributed by atoms with E-state index in [9.17, 15) is 25.5 Å². The Morgan fingerprint density at radius 3 is 2.52 bits per heavy atom. The first-order chi connectivity index (χ1) is 26.2. The smallest absolute Gasteiger partial charge is 0.161 e. The summed E-state index contributed by atoms with van der Waals surface area (Å²) in [6, 6.07) is 9.42. The third-order valence-electron chi connectivity index (χ3n) is 13.1. The van der Waals surface area contributed by atoms with Gasteiger partial charge in [0.1, 0.15) is 18.3 Å². The van der Waals surface area contributed by atoms with E-state index in [1.165, 1.54) is 0 Å². The summed E-state index contributed by atoms with van der Waals surface area (Å²) in [4.78, 5) is 3.54. The molecule has 9 nitrogen and oxygen atoms in total. The maximum Gasteiger partial charge on any atom is 0.161 e. The maximum absolute atomic E-state index is 11.8. The van der Waals surface area contributed by atoms with Crippen LogP contribution in [0.5, 0.6) is 11.5 Å². The Hall–Kier alpha value is -3.94. The van der Waals surface area contributed by atoms with E-state index in [0.717, 1.165) is 74.6 Å².